The van der Waals surface area contributed by atoms with Gasteiger partial charge in [-0.3, -0.25) is 0 Å². The van der Waals surface area contributed by atoms with Crippen molar-refractivity contribution in [1.29, 1.82) is 5.26 Å². The fourth-order valence-corrected chi connectivity index (χ4v) is 4.51. The number of carbonyl (C=O) groups excluding carboxylic acids is 3. The molecule has 0 aliphatic carbocycles. The number of thiophene rings is 1. The summed E-state index contributed by atoms with van der Waals surface area (Å²) in [7, 11) is 0. The van der Waals surface area contributed by atoms with E-state index in [0.29, 0.717) is 24.8 Å². The first kappa shape index (κ1) is 34.4. The van der Waals surface area contributed by atoms with E-state index in [1.54, 1.807) is 11.3 Å². The van der Waals surface area contributed by atoms with Crippen LogP contribution in [0.2, 0.25) is 0 Å². The van der Waals surface area contributed by atoms with E-state index in [9.17, 15) is 19.6 Å². The molecule has 42 heavy (non-hydrogen) atoms. The molecule has 9 nitrogen and oxygen atoms in total. The van der Waals surface area contributed by atoms with Gasteiger partial charge in [0.15, 0.2) is 11.5 Å². The molecule has 228 valence electrons. The molecule has 0 bridgehead atoms. The Morgan fingerprint density at radius 1 is 0.786 bits per heavy atom. The summed E-state index contributed by atoms with van der Waals surface area (Å²) in [4.78, 5) is 38.2. The van der Waals surface area contributed by atoms with Crippen molar-refractivity contribution in [3.05, 3.63) is 51.7 Å². The van der Waals surface area contributed by atoms with Crippen LogP contribution in [0.4, 0.5) is 9.59 Å². The number of benzene rings is 1. The second kappa shape index (κ2) is 20.9. The number of hydrogen-bond donors (Lipinski definition) is 0. The van der Waals surface area contributed by atoms with Crippen molar-refractivity contribution in [3.63, 3.8) is 0 Å². The van der Waals surface area contributed by atoms with Crippen molar-refractivity contribution >= 4 is 35.7 Å². The van der Waals surface area contributed by atoms with Crippen LogP contribution < -0.4 is 9.47 Å². The summed E-state index contributed by atoms with van der Waals surface area (Å²) in [6.07, 6.45) is 9.83. The van der Waals surface area contributed by atoms with Crippen LogP contribution in [0.3, 0.4) is 0 Å². The van der Waals surface area contributed by atoms with Crippen LogP contribution in [0.25, 0.3) is 6.08 Å². The molecule has 0 unspecified atom stereocenters. The Balaban J connectivity index is 2.07. The standard InChI is InChI=1S/C32H41NO8S/c1-3-5-7-9-11-18-38-31(35)40-28-16-15-25(23-29(28)41-32(36)39-19-12-10-8-6-4-2)22-26(24-33)30(34)37-20-17-27-14-13-21-42-27/h13-16,21-23H,3-12,17-20H2,1-2H3. The third-order valence-corrected chi connectivity index (χ3v) is 7.04. The lowest BCUT2D eigenvalue weighted by Crippen LogP contribution is -2.15. The first-order valence-corrected chi connectivity index (χ1v) is 15.5. The summed E-state index contributed by atoms with van der Waals surface area (Å²) in [5, 5.41) is 11.5. The highest BCUT2D eigenvalue weighted by Crippen LogP contribution is 2.30. The fourth-order valence-electron chi connectivity index (χ4n) is 3.82. The van der Waals surface area contributed by atoms with Gasteiger partial charge in [-0.1, -0.05) is 77.3 Å². The number of rotatable bonds is 19. The Morgan fingerprint density at radius 2 is 1.40 bits per heavy atom. The van der Waals surface area contributed by atoms with Gasteiger partial charge in [-0.2, -0.15) is 5.26 Å². The molecule has 2 aromatic rings. The lowest BCUT2D eigenvalue weighted by atomic mass is 10.1. The molecule has 2 rings (SSSR count). The Labute approximate surface area is 252 Å². The van der Waals surface area contributed by atoms with Gasteiger partial charge in [0.2, 0.25) is 0 Å². The highest BCUT2D eigenvalue weighted by Gasteiger charge is 2.18. The number of esters is 1. The van der Waals surface area contributed by atoms with E-state index < -0.39 is 18.3 Å². The van der Waals surface area contributed by atoms with E-state index in [1.807, 2.05) is 23.6 Å². The average Bonchev–Trinajstić information content (AvgIpc) is 3.50. The normalized spacial score (nSPS) is 10.9. The van der Waals surface area contributed by atoms with Gasteiger partial charge in [-0.25, -0.2) is 14.4 Å². The molecule has 0 aliphatic heterocycles. The smallest absolute Gasteiger partial charge is 0.461 e. The molecule has 0 saturated carbocycles. The van der Waals surface area contributed by atoms with Crippen LogP contribution in [0.15, 0.2) is 41.3 Å². The molecule has 1 aromatic carbocycles. The van der Waals surface area contributed by atoms with Crippen molar-refractivity contribution in [2.24, 2.45) is 0 Å². The molecule has 10 heteroatoms. The summed E-state index contributed by atoms with van der Waals surface area (Å²) in [5.74, 6) is -0.968. The first-order chi connectivity index (χ1) is 20.5. The summed E-state index contributed by atoms with van der Waals surface area (Å²) in [6.45, 7) is 4.77. The van der Waals surface area contributed by atoms with Gasteiger partial charge >= 0.3 is 18.3 Å². The molecule has 0 spiro atoms. The van der Waals surface area contributed by atoms with Crippen molar-refractivity contribution < 1.29 is 38.1 Å². The van der Waals surface area contributed by atoms with E-state index in [0.717, 1.165) is 56.2 Å². The summed E-state index contributed by atoms with van der Waals surface area (Å²) >= 11 is 1.55. The molecule has 1 heterocycles. The zero-order valence-corrected chi connectivity index (χ0v) is 25.4. The van der Waals surface area contributed by atoms with Crippen LogP contribution in [0, 0.1) is 11.3 Å². The van der Waals surface area contributed by atoms with Gasteiger partial charge in [0.05, 0.1) is 19.8 Å². The Hall–Kier alpha value is -3.84. The van der Waals surface area contributed by atoms with Gasteiger partial charge in [0, 0.05) is 11.3 Å². The van der Waals surface area contributed by atoms with E-state index >= 15 is 0 Å². The van der Waals surface area contributed by atoms with Gasteiger partial charge in [-0.05, 0) is 48.1 Å². The molecule has 0 N–H and O–H groups in total. The SMILES string of the molecule is CCCCCCCOC(=O)Oc1ccc(C=C(C#N)C(=O)OCCc2cccs2)cc1OC(=O)OCCCCCCC. The Morgan fingerprint density at radius 3 is 1.98 bits per heavy atom. The predicted molar refractivity (Wildman–Crippen MR) is 160 cm³/mol. The predicted octanol–water partition coefficient (Wildman–Crippen LogP) is 8.41. The minimum Gasteiger partial charge on any atom is -0.461 e. The monoisotopic (exact) mass is 599 g/mol. The number of carbonyl (C=O) groups is 3. The molecule has 1 aromatic heterocycles. The van der Waals surface area contributed by atoms with E-state index in [1.165, 1.54) is 24.3 Å². The van der Waals surface area contributed by atoms with Crippen molar-refractivity contribution in [2.75, 3.05) is 19.8 Å². The fraction of sp³-hybridized carbons (Fsp3) is 0.500. The molecule has 0 radical (unpaired) electrons. The number of unbranched alkanes of at least 4 members (excludes halogenated alkanes) is 8. The van der Waals surface area contributed by atoms with Crippen LogP contribution >= 0.6 is 11.3 Å². The van der Waals surface area contributed by atoms with Gasteiger partial charge < -0.3 is 23.7 Å². The highest BCUT2D eigenvalue weighted by atomic mass is 32.1. The lowest BCUT2D eigenvalue weighted by Gasteiger charge is -2.12. The maximum absolute atomic E-state index is 12.5. The zero-order chi connectivity index (χ0) is 30.4. The van der Waals surface area contributed by atoms with E-state index in [2.05, 4.69) is 13.8 Å². The van der Waals surface area contributed by atoms with Gasteiger partial charge in [0.25, 0.3) is 0 Å². The molecule has 0 atom stereocenters. The molecular weight excluding hydrogens is 558 g/mol. The second-order valence-electron chi connectivity index (χ2n) is 9.57. The largest absolute Gasteiger partial charge is 0.513 e. The van der Waals surface area contributed by atoms with Crippen molar-refractivity contribution in [2.45, 2.75) is 84.5 Å². The summed E-state index contributed by atoms with van der Waals surface area (Å²) < 4.78 is 26.2. The highest BCUT2D eigenvalue weighted by molar-refractivity contribution is 7.09. The average molecular weight is 600 g/mol. The van der Waals surface area contributed by atoms with Crippen molar-refractivity contribution in [1.82, 2.24) is 0 Å². The van der Waals surface area contributed by atoms with E-state index in [4.69, 9.17) is 23.7 Å². The van der Waals surface area contributed by atoms with Crippen LogP contribution in [0.1, 0.15) is 88.5 Å². The molecule has 0 amide bonds. The molecular formula is C32H41NO8S. The topological polar surface area (TPSA) is 121 Å². The Bertz CT molecular complexity index is 1170. The van der Waals surface area contributed by atoms with Crippen LogP contribution in [0.5, 0.6) is 11.5 Å². The summed E-state index contributed by atoms with van der Waals surface area (Å²) in [5.41, 5.74) is 0.110. The van der Waals surface area contributed by atoms with Crippen LogP contribution in [-0.2, 0) is 25.4 Å². The molecule has 0 aliphatic rings. The maximum atomic E-state index is 12.5. The number of ether oxygens (including phenoxy) is 5. The zero-order valence-electron chi connectivity index (χ0n) is 24.6. The number of hydrogen-bond acceptors (Lipinski definition) is 10. The quantitative estimate of drug-likeness (QED) is 0.0391. The molecule has 0 saturated heterocycles. The van der Waals surface area contributed by atoms with Crippen LogP contribution in [-0.4, -0.2) is 38.1 Å². The van der Waals surface area contributed by atoms with E-state index in [-0.39, 0.29) is 36.9 Å². The van der Waals surface area contributed by atoms with Gasteiger partial charge in [0.1, 0.15) is 11.6 Å². The second-order valence-corrected chi connectivity index (χ2v) is 10.6. The minimum absolute atomic E-state index is 0.0694. The number of nitrogens with zero attached hydrogens (tertiary/aromatic N) is 1. The third-order valence-electron chi connectivity index (χ3n) is 6.10. The van der Waals surface area contributed by atoms with Gasteiger partial charge in [-0.15, -0.1) is 11.3 Å². The molecule has 0 fully saturated rings. The maximum Gasteiger partial charge on any atom is 0.513 e. The first-order valence-electron chi connectivity index (χ1n) is 14.6. The lowest BCUT2D eigenvalue weighted by molar-refractivity contribution is -0.138. The minimum atomic E-state index is -0.964. The summed E-state index contributed by atoms with van der Waals surface area (Å²) in [6, 6.07) is 9.95. The van der Waals surface area contributed by atoms with Crippen molar-refractivity contribution in [3.8, 4) is 17.6 Å². The number of nitriles is 1. The third kappa shape index (κ3) is 14.2. The Kier molecular flexibility index (Phi) is 17.1.